The second-order valence-corrected chi connectivity index (χ2v) is 3.13. The fraction of sp³-hybridized carbons (Fsp3) is 0.143. The Morgan fingerprint density at radius 2 is 2.11 bits per heavy atom. The Balaban J connectivity index is 3.25. The topological polar surface area (TPSA) is 26.0 Å². The van der Waals surface area contributed by atoms with E-state index < -0.39 is 0 Å². The van der Waals surface area contributed by atoms with E-state index in [1.54, 1.807) is 0 Å². The molecule has 0 aliphatic rings. The Hall–Kier alpha value is -0.250. The van der Waals surface area contributed by atoms with Gasteiger partial charge in [0.05, 0.1) is 0 Å². The van der Waals surface area contributed by atoms with E-state index in [1.807, 2.05) is 25.1 Å². The van der Waals surface area contributed by atoms with E-state index in [0.717, 1.165) is 14.8 Å². The van der Waals surface area contributed by atoms with Crippen molar-refractivity contribution in [1.82, 2.24) is 0 Å². The van der Waals surface area contributed by atoms with Gasteiger partial charge < -0.3 is 5.73 Å². The van der Waals surface area contributed by atoms with Crippen molar-refractivity contribution in [2.75, 3.05) is 5.73 Å². The lowest BCUT2D eigenvalue weighted by atomic mass is 10.2. The zero-order chi connectivity index (χ0) is 6.85. The SMILES string of the molecule is Cc1cccc(I)c1N. The van der Waals surface area contributed by atoms with Crippen LogP contribution in [0.2, 0.25) is 0 Å². The number of hydrogen-bond donors (Lipinski definition) is 1. The van der Waals surface area contributed by atoms with Crippen molar-refractivity contribution in [3.8, 4) is 0 Å². The molecule has 0 saturated carbocycles. The molecule has 1 nitrogen and oxygen atoms in total. The number of halogens is 1. The first kappa shape index (κ1) is 6.86. The lowest BCUT2D eigenvalue weighted by Crippen LogP contribution is -1.91. The van der Waals surface area contributed by atoms with Crippen molar-refractivity contribution < 1.29 is 0 Å². The molecular formula is C7H8IN. The van der Waals surface area contributed by atoms with E-state index >= 15 is 0 Å². The first-order chi connectivity index (χ1) is 4.22. The van der Waals surface area contributed by atoms with Crippen LogP contribution in [0.25, 0.3) is 0 Å². The number of aryl methyl sites for hydroxylation is 1. The van der Waals surface area contributed by atoms with Gasteiger partial charge in [-0.1, -0.05) is 12.1 Å². The highest BCUT2D eigenvalue weighted by Gasteiger charge is 1.94. The largest absolute Gasteiger partial charge is 0.398 e. The molecule has 0 heterocycles. The van der Waals surface area contributed by atoms with Crippen LogP contribution in [0.1, 0.15) is 5.56 Å². The molecule has 0 bridgehead atoms. The summed E-state index contributed by atoms with van der Waals surface area (Å²) in [5, 5.41) is 0. The fourth-order valence-corrected chi connectivity index (χ4v) is 1.28. The molecule has 0 aliphatic heterocycles. The van der Waals surface area contributed by atoms with Crippen molar-refractivity contribution in [1.29, 1.82) is 0 Å². The number of nitrogens with two attached hydrogens (primary N) is 1. The van der Waals surface area contributed by atoms with Gasteiger partial charge in [-0.15, -0.1) is 0 Å². The maximum atomic E-state index is 5.67. The van der Waals surface area contributed by atoms with Gasteiger partial charge in [0.2, 0.25) is 0 Å². The van der Waals surface area contributed by atoms with Gasteiger partial charge in [0.15, 0.2) is 0 Å². The molecule has 1 aromatic rings. The Morgan fingerprint density at radius 3 is 2.56 bits per heavy atom. The predicted molar refractivity (Wildman–Crippen MR) is 48.3 cm³/mol. The molecule has 9 heavy (non-hydrogen) atoms. The van der Waals surface area contributed by atoms with Crippen LogP contribution in [0.15, 0.2) is 18.2 Å². The second-order valence-electron chi connectivity index (χ2n) is 1.97. The molecule has 0 amide bonds. The molecular weight excluding hydrogens is 225 g/mol. The molecule has 0 fully saturated rings. The summed E-state index contributed by atoms with van der Waals surface area (Å²) in [6.45, 7) is 2.01. The van der Waals surface area contributed by atoms with Crippen molar-refractivity contribution in [3.05, 3.63) is 27.3 Å². The van der Waals surface area contributed by atoms with Gasteiger partial charge in [-0.2, -0.15) is 0 Å². The number of nitrogen functional groups attached to an aromatic ring is 1. The van der Waals surface area contributed by atoms with Gasteiger partial charge in [-0.25, -0.2) is 0 Å². The molecule has 0 aliphatic carbocycles. The zero-order valence-corrected chi connectivity index (χ0v) is 7.34. The van der Waals surface area contributed by atoms with Crippen LogP contribution in [-0.4, -0.2) is 0 Å². The highest BCUT2D eigenvalue weighted by atomic mass is 127. The van der Waals surface area contributed by atoms with E-state index in [2.05, 4.69) is 22.6 Å². The summed E-state index contributed by atoms with van der Waals surface area (Å²) in [5.74, 6) is 0. The number of hydrogen-bond acceptors (Lipinski definition) is 1. The number of rotatable bonds is 0. The lowest BCUT2D eigenvalue weighted by molar-refractivity contribution is 1.45. The average molecular weight is 233 g/mol. The molecule has 0 saturated heterocycles. The predicted octanol–water partition coefficient (Wildman–Crippen LogP) is 2.18. The van der Waals surface area contributed by atoms with Crippen LogP contribution in [0.4, 0.5) is 5.69 Å². The summed E-state index contributed by atoms with van der Waals surface area (Å²) < 4.78 is 1.13. The van der Waals surface area contributed by atoms with E-state index in [1.165, 1.54) is 0 Å². The minimum absolute atomic E-state index is 0.901. The Morgan fingerprint density at radius 1 is 1.44 bits per heavy atom. The Bertz CT molecular complexity index is 200. The minimum atomic E-state index is 0.901. The molecule has 48 valence electrons. The zero-order valence-electron chi connectivity index (χ0n) is 5.19. The maximum Gasteiger partial charge on any atom is 0.0479 e. The number of anilines is 1. The smallest absolute Gasteiger partial charge is 0.0479 e. The maximum absolute atomic E-state index is 5.67. The first-order valence-corrected chi connectivity index (χ1v) is 3.80. The standard InChI is InChI=1S/C7H8IN/c1-5-3-2-4-6(8)7(5)9/h2-4H,9H2,1H3. The molecule has 0 aromatic heterocycles. The van der Waals surface area contributed by atoms with Gasteiger partial charge in [-0.05, 0) is 41.1 Å². The van der Waals surface area contributed by atoms with Gasteiger partial charge in [0.1, 0.15) is 0 Å². The van der Waals surface area contributed by atoms with Gasteiger partial charge in [0, 0.05) is 9.26 Å². The van der Waals surface area contributed by atoms with E-state index in [4.69, 9.17) is 5.73 Å². The third-order valence-corrected chi connectivity index (χ3v) is 2.21. The van der Waals surface area contributed by atoms with Crippen molar-refractivity contribution >= 4 is 28.3 Å². The average Bonchev–Trinajstić information content (AvgIpc) is 1.83. The van der Waals surface area contributed by atoms with Crippen molar-refractivity contribution in [2.45, 2.75) is 6.92 Å². The number of benzene rings is 1. The normalized spacial score (nSPS) is 9.56. The van der Waals surface area contributed by atoms with Crippen LogP contribution < -0.4 is 5.73 Å². The summed E-state index contributed by atoms with van der Waals surface area (Å²) in [6.07, 6.45) is 0. The molecule has 1 rings (SSSR count). The quantitative estimate of drug-likeness (QED) is 0.539. The Labute approximate surface area is 68.4 Å². The minimum Gasteiger partial charge on any atom is -0.398 e. The summed E-state index contributed by atoms with van der Waals surface area (Å²) in [6, 6.07) is 6.02. The summed E-state index contributed by atoms with van der Waals surface area (Å²) in [7, 11) is 0. The summed E-state index contributed by atoms with van der Waals surface area (Å²) in [5.41, 5.74) is 7.73. The highest BCUT2D eigenvalue weighted by molar-refractivity contribution is 14.1. The van der Waals surface area contributed by atoms with E-state index in [-0.39, 0.29) is 0 Å². The molecule has 0 spiro atoms. The molecule has 2 heteroatoms. The van der Waals surface area contributed by atoms with Crippen LogP contribution >= 0.6 is 22.6 Å². The highest BCUT2D eigenvalue weighted by Crippen LogP contribution is 2.17. The van der Waals surface area contributed by atoms with Gasteiger partial charge in [-0.3, -0.25) is 0 Å². The number of para-hydroxylation sites is 1. The molecule has 1 aromatic carbocycles. The van der Waals surface area contributed by atoms with Crippen LogP contribution in [0.5, 0.6) is 0 Å². The monoisotopic (exact) mass is 233 g/mol. The van der Waals surface area contributed by atoms with Crippen LogP contribution in [0, 0.1) is 10.5 Å². The molecule has 0 radical (unpaired) electrons. The lowest BCUT2D eigenvalue weighted by Gasteiger charge is -1.99. The van der Waals surface area contributed by atoms with Gasteiger partial charge >= 0.3 is 0 Å². The van der Waals surface area contributed by atoms with Crippen LogP contribution in [-0.2, 0) is 0 Å². The molecule has 0 unspecified atom stereocenters. The summed E-state index contributed by atoms with van der Waals surface area (Å²) in [4.78, 5) is 0. The van der Waals surface area contributed by atoms with E-state index in [0.29, 0.717) is 0 Å². The van der Waals surface area contributed by atoms with Crippen molar-refractivity contribution in [3.63, 3.8) is 0 Å². The third-order valence-electron chi connectivity index (χ3n) is 1.27. The third kappa shape index (κ3) is 1.36. The Kier molecular flexibility index (Phi) is 1.95. The molecule has 2 N–H and O–H groups in total. The summed E-state index contributed by atoms with van der Waals surface area (Å²) >= 11 is 2.22. The van der Waals surface area contributed by atoms with Crippen LogP contribution in [0.3, 0.4) is 0 Å². The van der Waals surface area contributed by atoms with Crippen molar-refractivity contribution in [2.24, 2.45) is 0 Å². The van der Waals surface area contributed by atoms with Gasteiger partial charge in [0.25, 0.3) is 0 Å². The molecule has 0 atom stereocenters. The fourth-order valence-electron chi connectivity index (χ4n) is 0.645. The second kappa shape index (κ2) is 2.56. The van der Waals surface area contributed by atoms with E-state index in [9.17, 15) is 0 Å². The first-order valence-electron chi connectivity index (χ1n) is 2.72.